The lowest BCUT2D eigenvalue weighted by Gasteiger charge is -2.27. The van der Waals surface area contributed by atoms with Gasteiger partial charge in [0.1, 0.15) is 0 Å². The predicted molar refractivity (Wildman–Crippen MR) is 92.0 cm³/mol. The van der Waals surface area contributed by atoms with Crippen molar-refractivity contribution in [1.29, 1.82) is 0 Å². The van der Waals surface area contributed by atoms with Crippen molar-refractivity contribution in [1.82, 2.24) is 20.0 Å². The molecule has 3 rings (SSSR count). The number of nitrogens with one attached hydrogen (secondary N) is 1. The van der Waals surface area contributed by atoms with Gasteiger partial charge >= 0.3 is 0 Å². The number of carbonyl (C=O) groups is 1. The molecule has 0 radical (unpaired) electrons. The maximum atomic E-state index is 12.6. The molecule has 0 unspecified atom stereocenters. The fraction of sp³-hybridized carbons (Fsp3) is 0.333. The standard InChI is InChI=1S/C15H17BrN4O.ClH/c1-11-14(15(21)19-8-6-17-7-9-19)10-20(18-11)13-4-2-12(16)3-5-13;/h2-5,10,17H,6-9H2,1H3;1H. The number of hydrogen-bond acceptors (Lipinski definition) is 3. The Morgan fingerprint density at radius 2 is 1.86 bits per heavy atom. The zero-order valence-corrected chi connectivity index (χ0v) is 14.7. The summed E-state index contributed by atoms with van der Waals surface area (Å²) in [6, 6.07) is 7.86. The van der Waals surface area contributed by atoms with Crippen molar-refractivity contribution in [3.8, 4) is 5.69 Å². The van der Waals surface area contributed by atoms with E-state index in [1.165, 1.54) is 0 Å². The molecule has 5 nitrogen and oxygen atoms in total. The number of nitrogens with zero attached hydrogens (tertiary/aromatic N) is 3. The van der Waals surface area contributed by atoms with E-state index in [1.807, 2.05) is 42.3 Å². The molecule has 1 fully saturated rings. The summed E-state index contributed by atoms with van der Waals surface area (Å²) in [5.74, 6) is 0.0670. The topological polar surface area (TPSA) is 50.2 Å². The van der Waals surface area contributed by atoms with Gasteiger partial charge in [0.25, 0.3) is 5.91 Å². The quantitative estimate of drug-likeness (QED) is 0.864. The average molecular weight is 386 g/mol. The van der Waals surface area contributed by atoms with E-state index in [0.717, 1.165) is 42.0 Å². The Labute approximate surface area is 144 Å². The zero-order valence-electron chi connectivity index (χ0n) is 12.3. The molecule has 0 atom stereocenters. The first-order chi connectivity index (χ1) is 10.1. The molecule has 2 aromatic rings. The molecule has 1 N–H and O–H groups in total. The maximum absolute atomic E-state index is 12.6. The summed E-state index contributed by atoms with van der Waals surface area (Å²) in [4.78, 5) is 14.4. The highest BCUT2D eigenvalue weighted by Crippen LogP contribution is 2.17. The van der Waals surface area contributed by atoms with E-state index >= 15 is 0 Å². The van der Waals surface area contributed by atoms with Crippen molar-refractivity contribution >= 4 is 34.2 Å². The van der Waals surface area contributed by atoms with Crippen molar-refractivity contribution in [2.24, 2.45) is 0 Å². The summed E-state index contributed by atoms with van der Waals surface area (Å²) in [6.07, 6.45) is 1.82. The third kappa shape index (κ3) is 3.51. The molecule has 1 aliphatic heterocycles. The maximum Gasteiger partial charge on any atom is 0.257 e. The molecular formula is C15H18BrClN4O. The molecule has 1 aliphatic rings. The highest BCUT2D eigenvalue weighted by molar-refractivity contribution is 9.10. The Hall–Kier alpha value is -1.37. The van der Waals surface area contributed by atoms with Crippen molar-refractivity contribution in [2.45, 2.75) is 6.92 Å². The monoisotopic (exact) mass is 384 g/mol. The van der Waals surface area contributed by atoms with E-state index in [1.54, 1.807) is 4.68 Å². The number of piperazine rings is 1. The number of aryl methyl sites for hydroxylation is 1. The number of benzene rings is 1. The molecule has 1 aromatic carbocycles. The lowest BCUT2D eigenvalue weighted by molar-refractivity contribution is 0.0735. The molecule has 0 saturated carbocycles. The van der Waals surface area contributed by atoms with Crippen LogP contribution in [0, 0.1) is 6.92 Å². The van der Waals surface area contributed by atoms with Crippen LogP contribution in [-0.4, -0.2) is 46.8 Å². The molecule has 0 bridgehead atoms. The van der Waals surface area contributed by atoms with Crippen LogP contribution >= 0.6 is 28.3 Å². The van der Waals surface area contributed by atoms with Gasteiger partial charge in [0.2, 0.25) is 0 Å². The van der Waals surface area contributed by atoms with Crippen LogP contribution < -0.4 is 5.32 Å². The molecule has 1 aromatic heterocycles. The second-order valence-electron chi connectivity index (χ2n) is 5.09. The molecule has 0 aliphatic carbocycles. The molecule has 2 heterocycles. The van der Waals surface area contributed by atoms with E-state index < -0.39 is 0 Å². The second-order valence-corrected chi connectivity index (χ2v) is 6.01. The van der Waals surface area contributed by atoms with Crippen LogP contribution in [0.25, 0.3) is 5.69 Å². The van der Waals surface area contributed by atoms with Crippen LogP contribution in [-0.2, 0) is 0 Å². The van der Waals surface area contributed by atoms with Gasteiger partial charge in [0.15, 0.2) is 0 Å². The van der Waals surface area contributed by atoms with Gasteiger partial charge in [-0.2, -0.15) is 5.10 Å². The minimum absolute atomic E-state index is 0. The van der Waals surface area contributed by atoms with Crippen molar-refractivity contribution in [3.05, 3.63) is 46.2 Å². The normalized spacial score (nSPS) is 14.5. The van der Waals surface area contributed by atoms with Gasteiger partial charge in [-0.1, -0.05) is 15.9 Å². The van der Waals surface area contributed by atoms with Gasteiger partial charge < -0.3 is 10.2 Å². The smallest absolute Gasteiger partial charge is 0.257 e. The Morgan fingerprint density at radius 1 is 1.23 bits per heavy atom. The molecule has 118 valence electrons. The van der Waals surface area contributed by atoms with Crippen LogP contribution in [0.5, 0.6) is 0 Å². The SMILES string of the molecule is Cc1nn(-c2ccc(Br)cc2)cc1C(=O)N1CCNCC1.Cl. The second kappa shape index (κ2) is 7.26. The first-order valence-electron chi connectivity index (χ1n) is 6.97. The molecule has 1 amide bonds. The molecule has 22 heavy (non-hydrogen) atoms. The summed E-state index contributed by atoms with van der Waals surface area (Å²) in [7, 11) is 0. The highest BCUT2D eigenvalue weighted by Gasteiger charge is 2.21. The number of rotatable bonds is 2. The van der Waals surface area contributed by atoms with Gasteiger partial charge in [0, 0.05) is 36.8 Å². The molecule has 1 saturated heterocycles. The molecule has 7 heteroatoms. The first-order valence-corrected chi connectivity index (χ1v) is 7.76. The average Bonchev–Trinajstić information content (AvgIpc) is 2.90. The summed E-state index contributed by atoms with van der Waals surface area (Å²) in [5, 5.41) is 7.72. The van der Waals surface area contributed by atoms with Gasteiger partial charge in [-0.05, 0) is 31.2 Å². The number of aromatic nitrogens is 2. The van der Waals surface area contributed by atoms with Crippen LogP contribution in [0.2, 0.25) is 0 Å². The van der Waals surface area contributed by atoms with E-state index in [2.05, 4.69) is 26.3 Å². The van der Waals surface area contributed by atoms with Crippen LogP contribution in [0.1, 0.15) is 16.1 Å². The Kier molecular flexibility index (Phi) is 5.61. The van der Waals surface area contributed by atoms with Crippen LogP contribution in [0.15, 0.2) is 34.9 Å². The van der Waals surface area contributed by atoms with Gasteiger partial charge in [-0.25, -0.2) is 4.68 Å². The Morgan fingerprint density at radius 3 is 2.50 bits per heavy atom. The van der Waals surface area contributed by atoms with Crippen molar-refractivity contribution in [2.75, 3.05) is 26.2 Å². The Bertz CT molecular complexity index is 650. The van der Waals surface area contributed by atoms with Crippen LogP contribution in [0.3, 0.4) is 0 Å². The number of carbonyl (C=O) groups excluding carboxylic acids is 1. The fourth-order valence-electron chi connectivity index (χ4n) is 2.43. The minimum atomic E-state index is 0. The minimum Gasteiger partial charge on any atom is -0.336 e. The largest absolute Gasteiger partial charge is 0.336 e. The highest BCUT2D eigenvalue weighted by atomic mass is 79.9. The summed E-state index contributed by atoms with van der Waals surface area (Å²) < 4.78 is 2.78. The summed E-state index contributed by atoms with van der Waals surface area (Å²) in [5.41, 5.74) is 2.39. The zero-order chi connectivity index (χ0) is 14.8. The number of halogens is 2. The van der Waals surface area contributed by atoms with Gasteiger partial charge in [0.05, 0.1) is 16.9 Å². The van der Waals surface area contributed by atoms with E-state index in [0.29, 0.717) is 5.56 Å². The van der Waals surface area contributed by atoms with Crippen molar-refractivity contribution in [3.63, 3.8) is 0 Å². The lowest BCUT2D eigenvalue weighted by Crippen LogP contribution is -2.46. The first kappa shape index (κ1) is 17.0. The van der Waals surface area contributed by atoms with Crippen LogP contribution in [0.4, 0.5) is 0 Å². The fourth-order valence-corrected chi connectivity index (χ4v) is 2.70. The van der Waals surface area contributed by atoms with Gasteiger partial charge in [-0.3, -0.25) is 4.79 Å². The van der Waals surface area contributed by atoms with E-state index in [-0.39, 0.29) is 18.3 Å². The third-order valence-corrected chi connectivity index (χ3v) is 4.15. The third-order valence-electron chi connectivity index (χ3n) is 3.62. The van der Waals surface area contributed by atoms with Crippen molar-refractivity contribution < 1.29 is 4.79 Å². The van der Waals surface area contributed by atoms with E-state index in [4.69, 9.17) is 0 Å². The molecular weight excluding hydrogens is 368 g/mol. The summed E-state index contributed by atoms with van der Waals surface area (Å²) in [6.45, 7) is 5.09. The lowest BCUT2D eigenvalue weighted by atomic mass is 10.2. The molecule has 0 spiro atoms. The predicted octanol–water partition coefficient (Wildman–Crippen LogP) is 2.41. The number of amides is 1. The van der Waals surface area contributed by atoms with Gasteiger partial charge in [-0.15, -0.1) is 12.4 Å². The van der Waals surface area contributed by atoms with E-state index in [9.17, 15) is 4.79 Å². The number of hydrogen-bond donors (Lipinski definition) is 1. The Balaban J connectivity index is 0.00000176. The summed E-state index contributed by atoms with van der Waals surface area (Å²) >= 11 is 3.42.